The Labute approximate surface area is 55.6 Å². The van der Waals surface area contributed by atoms with Crippen LogP contribution in [0.3, 0.4) is 0 Å². The lowest BCUT2D eigenvalue weighted by atomic mass is 10.3. The molecule has 1 saturated heterocycles. The fraction of sp³-hybridized carbons (Fsp3) is 1.00. The van der Waals surface area contributed by atoms with Crippen LogP contribution < -0.4 is 11.1 Å². The van der Waals surface area contributed by atoms with Gasteiger partial charge in [-0.2, -0.15) is 0 Å². The zero-order valence-electron chi connectivity index (χ0n) is 5.98. The smallest absolute Gasteiger partial charge is 0.113 e. The van der Waals surface area contributed by atoms with Crippen LogP contribution in [-0.2, 0) is 4.74 Å². The van der Waals surface area contributed by atoms with Gasteiger partial charge in [0.15, 0.2) is 0 Å². The standard InChI is InChI=1S/C6H14N2O/c1-6(2)8-5(3-7)4-9-6/h5,8H,3-4,7H2,1-2H3/t5-/m0/s1. The van der Waals surface area contributed by atoms with Crippen LogP contribution in [0.2, 0.25) is 0 Å². The summed E-state index contributed by atoms with van der Waals surface area (Å²) in [6.45, 7) is 5.40. The molecular formula is C6H14N2O. The second kappa shape index (κ2) is 2.25. The van der Waals surface area contributed by atoms with Gasteiger partial charge in [-0.3, -0.25) is 5.32 Å². The lowest BCUT2D eigenvalue weighted by molar-refractivity contribution is 0.0231. The van der Waals surface area contributed by atoms with Gasteiger partial charge in [0.25, 0.3) is 0 Å². The predicted octanol–water partition coefficient (Wildman–Crippen LogP) is -0.330. The maximum atomic E-state index is 5.41. The van der Waals surface area contributed by atoms with Crippen molar-refractivity contribution in [1.29, 1.82) is 0 Å². The van der Waals surface area contributed by atoms with Crippen molar-refractivity contribution in [3.05, 3.63) is 0 Å². The zero-order valence-corrected chi connectivity index (χ0v) is 5.98. The molecule has 3 nitrogen and oxygen atoms in total. The van der Waals surface area contributed by atoms with Gasteiger partial charge in [-0.1, -0.05) is 0 Å². The molecule has 0 aromatic rings. The van der Waals surface area contributed by atoms with Crippen LogP contribution in [0.15, 0.2) is 0 Å². The van der Waals surface area contributed by atoms with E-state index in [-0.39, 0.29) is 5.72 Å². The molecule has 1 aliphatic rings. The lowest BCUT2D eigenvalue weighted by Crippen LogP contribution is -2.41. The summed E-state index contributed by atoms with van der Waals surface area (Å²) in [5, 5.41) is 3.23. The second-order valence-corrected chi connectivity index (χ2v) is 2.90. The van der Waals surface area contributed by atoms with Gasteiger partial charge in [-0.05, 0) is 13.8 Å². The highest BCUT2D eigenvalue weighted by atomic mass is 16.5. The van der Waals surface area contributed by atoms with Crippen molar-refractivity contribution < 1.29 is 4.74 Å². The summed E-state index contributed by atoms with van der Waals surface area (Å²) in [6, 6.07) is 0.347. The molecule has 0 unspecified atom stereocenters. The lowest BCUT2D eigenvalue weighted by Gasteiger charge is -2.17. The SMILES string of the molecule is CC1(C)N[C@@H](CN)CO1. The molecule has 3 heteroatoms. The molecule has 3 N–H and O–H groups in total. The van der Waals surface area contributed by atoms with Gasteiger partial charge in [0.1, 0.15) is 5.72 Å². The van der Waals surface area contributed by atoms with Crippen LogP contribution >= 0.6 is 0 Å². The van der Waals surface area contributed by atoms with E-state index < -0.39 is 0 Å². The highest BCUT2D eigenvalue weighted by molar-refractivity contribution is 4.81. The molecule has 0 saturated carbocycles. The fourth-order valence-electron chi connectivity index (χ4n) is 1.01. The van der Waals surface area contributed by atoms with Gasteiger partial charge < -0.3 is 10.5 Å². The largest absolute Gasteiger partial charge is 0.360 e. The number of hydrogen-bond donors (Lipinski definition) is 2. The highest BCUT2D eigenvalue weighted by Gasteiger charge is 2.29. The third kappa shape index (κ3) is 1.64. The number of ether oxygens (including phenoxy) is 1. The summed E-state index contributed by atoms with van der Waals surface area (Å²) >= 11 is 0. The van der Waals surface area contributed by atoms with Crippen LogP contribution in [0, 0.1) is 0 Å². The van der Waals surface area contributed by atoms with Crippen molar-refractivity contribution in [3.63, 3.8) is 0 Å². The minimum Gasteiger partial charge on any atom is -0.360 e. The third-order valence-corrected chi connectivity index (χ3v) is 1.48. The molecule has 54 valence electrons. The van der Waals surface area contributed by atoms with E-state index in [1.165, 1.54) is 0 Å². The normalized spacial score (nSPS) is 33.0. The number of nitrogens with one attached hydrogen (secondary N) is 1. The van der Waals surface area contributed by atoms with E-state index in [1.54, 1.807) is 0 Å². The molecule has 0 bridgehead atoms. The van der Waals surface area contributed by atoms with Gasteiger partial charge in [0, 0.05) is 12.6 Å². The first-order valence-electron chi connectivity index (χ1n) is 3.26. The molecule has 0 amide bonds. The molecule has 0 aromatic carbocycles. The Morgan fingerprint density at radius 1 is 1.78 bits per heavy atom. The number of nitrogens with two attached hydrogens (primary N) is 1. The van der Waals surface area contributed by atoms with Crippen molar-refractivity contribution >= 4 is 0 Å². The monoisotopic (exact) mass is 130 g/mol. The Balaban J connectivity index is 2.38. The van der Waals surface area contributed by atoms with Gasteiger partial charge >= 0.3 is 0 Å². The third-order valence-electron chi connectivity index (χ3n) is 1.48. The summed E-state index contributed by atoms with van der Waals surface area (Å²) < 4.78 is 5.35. The van der Waals surface area contributed by atoms with Crippen molar-refractivity contribution in [1.82, 2.24) is 5.32 Å². The van der Waals surface area contributed by atoms with Crippen molar-refractivity contribution in [2.45, 2.75) is 25.6 Å². The maximum absolute atomic E-state index is 5.41. The Kier molecular flexibility index (Phi) is 1.75. The first-order valence-corrected chi connectivity index (χ1v) is 3.26. The first-order chi connectivity index (χ1) is 4.14. The topological polar surface area (TPSA) is 47.3 Å². The van der Waals surface area contributed by atoms with E-state index in [2.05, 4.69) is 5.32 Å². The van der Waals surface area contributed by atoms with Crippen LogP contribution in [0.5, 0.6) is 0 Å². The summed E-state index contributed by atoms with van der Waals surface area (Å²) in [5.74, 6) is 0. The number of rotatable bonds is 1. The molecule has 1 fully saturated rings. The minimum atomic E-state index is -0.163. The highest BCUT2D eigenvalue weighted by Crippen LogP contribution is 2.12. The average Bonchev–Trinajstić information content (AvgIpc) is 2.10. The predicted molar refractivity (Wildman–Crippen MR) is 36.0 cm³/mol. The molecule has 0 radical (unpaired) electrons. The van der Waals surface area contributed by atoms with E-state index in [0.29, 0.717) is 12.6 Å². The second-order valence-electron chi connectivity index (χ2n) is 2.90. The minimum absolute atomic E-state index is 0.163. The van der Waals surface area contributed by atoms with E-state index in [4.69, 9.17) is 10.5 Å². The van der Waals surface area contributed by atoms with Crippen molar-refractivity contribution in [3.8, 4) is 0 Å². The molecule has 1 atom stereocenters. The molecule has 9 heavy (non-hydrogen) atoms. The Morgan fingerprint density at radius 2 is 2.44 bits per heavy atom. The van der Waals surface area contributed by atoms with Crippen LogP contribution in [0.4, 0.5) is 0 Å². The molecule has 0 aromatic heterocycles. The summed E-state index contributed by atoms with van der Waals surface area (Å²) in [7, 11) is 0. The van der Waals surface area contributed by atoms with E-state index in [9.17, 15) is 0 Å². The van der Waals surface area contributed by atoms with Gasteiger partial charge in [0.2, 0.25) is 0 Å². The quantitative estimate of drug-likeness (QED) is 0.511. The Morgan fingerprint density at radius 3 is 2.67 bits per heavy atom. The fourth-order valence-corrected chi connectivity index (χ4v) is 1.01. The molecule has 0 aliphatic carbocycles. The van der Waals surface area contributed by atoms with Crippen LogP contribution in [0.25, 0.3) is 0 Å². The van der Waals surface area contributed by atoms with Gasteiger partial charge in [0.05, 0.1) is 6.61 Å². The molecular weight excluding hydrogens is 116 g/mol. The van der Waals surface area contributed by atoms with Crippen LogP contribution in [-0.4, -0.2) is 24.9 Å². The van der Waals surface area contributed by atoms with Crippen molar-refractivity contribution in [2.75, 3.05) is 13.2 Å². The van der Waals surface area contributed by atoms with E-state index >= 15 is 0 Å². The van der Waals surface area contributed by atoms with Crippen LogP contribution in [0.1, 0.15) is 13.8 Å². The Hall–Kier alpha value is -0.120. The molecule has 1 heterocycles. The summed E-state index contributed by atoms with van der Waals surface area (Å²) in [6.07, 6.45) is 0. The molecule has 1 rings (SSSR count). The maximum Gasteiger partial charge on any atom is 0.113 e. The van der Waals surface area contributed by atoms with Crippen molar-refractivity contribution in [2.24, 2.45) is 5.73 Å². The Bertz CT molecular complexity index is 103. The van der Waals surface area contributed by atoms with E-state index in [0.717, 1.165) is 6.61 Å². The van der Waals surface area contributed by atoms with Gasteiger partial charge in [-0.15, -0.1) is 0 Å². The average molecular weight is 130 g/mol. The van der Waals surface area contributed by atoms with E-state index in [1.807, 2.05) is 13.8 Å². The van der Waals surface area contributed by atoms with Gasteiger partial charge in [-0.25, -0.2) is 0 Å². The number of hydrogen-bond acceptors (Lipinski definition) is 3. The molecule has 1 aliphatic heterocycles. The summed E-state index contributed by atoms with van der Waals surface area (Å²) in [5.41, 5.74) is 5.25. The molecule has 0 spiro atoms. The zero-order chi connectivity index (χ0) is 6.91. The summed E-state index contributed by atoms with van der Waals surface area (Å²) in [4.78, 5) is 0. The first kappa shape index (κ1) is 6.99.